The second kappa shape index (κ2) is 12.1. The monoisotopic (exact) mass is 513 g/mol. The van der Waals surface area contributed by atoms with Crippen LogP contribution >= 0.6 is 0 Å². The van der Waals surface area contributed by atoms with E-state index in [1.807, 2.05) is 30.3 Å². The molecule has 0 bridgehead atoms. The van der Waals surface area contributed by atoms with E-state index in [0.29, 0.717) is 22.6 Å². The van der Waals surface area contributed by atoms with Crippen LogP contribution in [0.1, 0.15) is 61.9 Å². The van der Waals surface area contributed by atoms with Crippen molar-refractivity contribution in [2.75, 3.05) is 32.2 Å². The van der Waals surface area contributed by atoms with Gasteiger partial charge in [-0.1, -0.05) is 12.1 Å². The van der Waals surface area contributed by atoms with Crippen LogP contribution in [0.15, 0.2) is 54.1 Å². The first-order chi connectivity index (χ1) is 18.2. The molecule has 0 amide bonds. The number of anilines is 1. The Balaban J connectivity index is 2.04. The van der Waals surface area contributed by atoms with Crippen molar-refractivity contribution in [1.29, 1.82) is 5.26 Å². The molecule has 2 aromatic carbocycles. The molecular formula is C30H31N3O5. The van der Waals surface area contributed by atoms with Crippen molar-refractivity contribution in [1.82, 2.24) is 4.57 Å². The van der Waals surface area contributed by atoms with E-state index in [1.54, 1.807) is 42.7 Å². The number of aryl methyl sites for hydroxylation is 1. The van der Waals surface area contributed by atoms with Gasteiger partial charge in [0.05, 0.1) is 25.3 Å². The van der Waals surface area contributed by atoms with Gasteiger partial charge in [0.1, 0.15) is 11.6 Å². The lowest BCUT2D eigenvalue weighted by atomic mass is 10.0. The van der Waals surface area contributed by atoms with Crippen LogP contribution in [0.2, 0.25) is 0 Å². The van der Waals surface area contributed by atoms with Crippen LogP contribution in [0, 0.1) is 25.2 Å². The van der Waals surface area contributed by atoms with Gasteiger partial charge in [0.2, 0.25) is 5.78 Å². The smallest absolute Gasteiger partial charge is 0.337 e. The van der Waals surface area contributed by atoms with Crippen molar-refractivity contribution in [2.24, 2.45) is 0 Å². The average molecular weight is 514 g/mol. The summed E-state index contributed by atoms with van der Waals surface area (Å²) in [5.74, 6) is -1.65. The van der Waals surface area contributed by atoms with Crippen LogP contribution in [-0.2, 0) is 9.47 Å². The van der Waals surface area contributed by atoms with E-state index in [0.717, 1.165) is 24.3 Å². The third-order valence-corrected chi connectivity index (χ3v) is 6.39. The number of nitrogens with zero attached hydrogens (tertiary/aromatic N) is 3. The summed E-state index contributed by atoms with van der Waals surface area (Å²) in [6, 6.07) is 16.0. The van der Waals surface area contributed by atoms with Gasteiger partial charge in [-0.2, -0.15) is 5.26 Å². The predicted molar refractivity (Wildman–Crippen MR) is 146 cm³/mol. The first kappa shape index (κ1) is 27.9. The number of esters is 2. The van der Waals surface area contributed by atoms with Crippen LogP contribution in [0.25, 0.3) is 11.8 Å². The molecule has 3 rings (SSSR count). The van der Waals surface area contributed by atoms with Gasteiger partial charge in [-0.15, -0.1) is 0 Å². The maximum atomic E-state index is 13.4. The SMILES string of the molecule is CCN(CC)c1ccc(/C=C(\C#N)C(=O)c2cc(C)n(-c3cc(C(=O)OC)cc(C(=O)OC)c3)c2C)cc1. The molecule has 0 atom stereocenters. The summed E-state index contributed by atoms with van der Waals surface area (Å²) in [6.45, 7) is 9.48. The number of aromatic nitrogens is 1. The molecule has 0 aliphatic carbocycles. The Morgan fingerprint density at radius 3 is 1.95 bits per heavy atom. The number of allylic oxidation sites excluding steroid dienone is 1. The van der Waals surface area contributed by atoms with Crippen molar-refractivity contribution >= 4 is 29.5 Å². The van der Waals surface area contributed by atoms with Crippen molar-refractivity contribution in [3.05, 3.63) is 87.7 Å². The van der Waals surface area contributed by atoms with Gasteiger partial charge < -0.3 is 18.9 Å². The Hall–Kier alpha value is -4.64. The van der Waals surface area contributed by atoms with Crippen LogP contribution < -0.4 is 4.90 Å². The molecule has 8 heteroatoms. The lowest BCUT2D eigenvalue weighted by Gasteiger charge is -2.20. The van der Waals surface area contributed by atoms with E-state index in [1.165, 1.54) is 20.3 Å². The lowest BCUT2D eigenvalue weighted by molar-refractivity contribution is 0.0599. The summed E-state index contributed by atoms with van der Waals surface area (Å²) in [6.07, 6.45) is 1.58. The highest BCUT2D eigenvalue weighted by Crippen LogP contribution is 2.26. The average Bonchev–Trinajstić information content (AvgIpc) is 3.24. The Bertz CT molecular complexity index is 1400. The molecule has 0 N–H and O–H groups in total. The zero-order chi connectivity index (χ0) is 28.0. The number of ketones is 1. The summed E-state index contributed by atoms with van der Waals surface area (Å²) < 4.78 is 11.4. The van der Waals surface area contributed by atoms with Crippen LogP contribution in [0.3, 0.4) is 0 Å². The van der Waals surface area contributed by atoms with E-state index >= 15 is 0 Å². The van der Waals surface area contributed by atoms with Gasteiger partial charge in [-0.3, -0.25) is 4.79 Å². The highest BCUT2D eigenvalue weighted by molar-refractivity contribution is 6.15. The first-order valence-electron chi connectivity index (χ1n) is 12.2. The fourth-order valence-electron chi connectivity index (χ4n) is 4.43. The molecule has 1 aromatic heterocycles. The number of methoxy groups -OCH3 is 2. The zero-order valence-electron chi connectivity index (χ0n) is 22.5. The molecular weight excluding hydrogens is 482 g/mol. The molecule has 0 saturated heterocycles. The topological polar surface area (TPSA) is 102 Å². The number of nitriles is 1. The number of rotatable bonds is 9. The second-order valence-corrected chi connectivity index (χ2v) is 8.63. The minimum absolute atomic E-state index is 0.000555. The fraction of sp³-hybridized carbons (Fsp3) is 0.267. The van der Waals surface area contributed by atoms with E-state index < -0.39 is 17.7 Å². The summed E-state index contributed by atoms with van der Waals surface area (Å²) in [5, 5.41) is 9.81. The van der Waals surface area contributed by atoms with Crippen molar-refractivity contribution in [3.63, 3.8) is 0 Å². The molecule has 196 valence electrons. The van der Waals surface area contributed by atoms with Crippen molar-refractivity contribution < 1.29 is 23.9 Å². The molecule has 8 nitrogen and oxygen atoms in total. The molecule has 0 fully saturated rings. The quantitative estimate of drug-likeness (QED) is 0.166. The van der Waals surface area contributed by atoms with Gasteiger partial charge in [0, 0.05) is 41.4 Å². The van der Waals surface area contributed by atoms with Gasteiger partial charge in [-0.25, -0.2) is 9.59 Å². The van der Waals surface area contributed by atoms with E-state index in [4.69, 9.17) is 9.47 Å². The minimum atomic E-state index is -0.613. The minimum Gasteiger partial charge on any atom is -0.465 e. The summed E-state index contributed by atoms with van der Waals surface area (Å²) >= 11 is 0. The molecule has 3 aromatic rings. The Kier molecular flexibility index (Phi) is 8.87. The molecule has 0 saturated carbocycles. The number of carbonyl (C=O) groups is 3. The third kappa shape index (κ3) is 5.68. The van der Waals surface area contributed by atoms with E-state index in [-0.39, 0.29) is 16.7 Å². The predicted octanol–water partition coefficient (Wildman–Crippen LogP) is 5.30. The van der Waals surface area contributed by atoms with Crippen LogP contribution in [-0.4, -0.2) is 49.6 Å². The van der Waals surface area contributed by atoms with Gasteiger partial charge in [0.25, 0.3) is 0 Å². The standard InChI is InChI=1S/C30H31N3O5/c1-7-32(8-2)25-11-9-21(10-12-25)14-24(18-31)28(34)27-13-19(3)33(20(27)4)26-16-22(29(35)37-5)15-23(17-26)30(36)38-6/h9-17H,7-8H2,1-6H3/b24-14+. The number of ether oxygens (including phenoxy) is 2. The molecule has 0 aliphatic rings. The molecule has 38 heavy (non-hydrogen) atoms. The Morgan fingerprint density at radius 1 is 0.921 bits per heavy atom. The number of hydrogen-bond acceptors (Lipinski definition) is 7. The summed E-state index contributed by atoms with van der Waals surface area (Å²) in [4.78, 5) is 40.2. The number of hydrogen-bond donors (Lipinski definition) is 0. The van der Waals surface area contributed by atoms with Gasteiger partial charge in [0.15, 0.2) is 0 Å². The van der Waals surface area contributed by atoms with Crippen molar-refractivity contribution in [3.8, 4) is 11.8 Å². The van der Waals surface area contributed by atoms with Crippen molar-refractivity contribution in [2.45, 2.75) is 27.7 Å². The van der Waals surface area contributed by atoms with Crippen LogP contribution in [0.5, 0.6) is 0 Å². The maximum absolute atomic E-state index is 13.4. The zero-order valence-corrected chi connectivity index (χ0v) is 22.5. The first-order valence-corrected chi connectivity index (χ1v) is 12.2. The number of benzene rings is 2. The molecule has 0 aliphatic heterocycles. The normalized spacial score (nSPS) is 11.0. The number of Topliss-reactive ketones (excluding diaryl/α,β-unsaturated/α-hetero) is 1. The molecule has 0 unspecified atom stereocenters. The fourth-order valence-corrected chi connectivity index (χ4v) is 4.43. The Morgan fingerprint density at radius 2 is 1.47 bits per heavy atom. The second-order valence-electron chi connectivity index (χ2n) is 8.63. The largest absolute Gasteiger partial charge is 0.465 e. The highest BCUT2D eigenvalue weighted by atomic mass is 16.5. The molecule has 0 radical (unpaired) electrons. The van der Waals surface area contributed by atoms with Gasteiger partial charge >= 0.3 is 11.9 Å². The summed E-state index contributed by atoms with van der Waals surface area (Å²) in [7, 11) is 2.51. The molecule has 0 spiro atoms. The summed E-state index contributed by atoms with van der Waals surface area (Å²) in [5.41, 5.74) is 4.21. The van der Waals surface area contributed by atoms with E-state index in [9.17, 15) is 19.6 Å². The van der Waals surface area contributed by atoms with E-state index in [2.05, 4.69) is 18.7 Å². The third-order valence-electron chi connectivity index (χ3n) is 6.39. The highest BCUT2D eigenvalue weighted by Gasteiger charge is 2.22. The van der Waals surface area contributed by atoms with Crippen LogP contribution in [0.4, 0.5) is 5.69 Å². The maximum Gasteiger partial charge on any atom is 0.337 e. The number of carbonyl (C=O) groups excluding carboxylic acids is 3. The Labute approximate surface area is 222 Å². The molecule has 1 heterocycles. The lowest BCUT2D eigenvalue weighted by Crippen LogP contribution is -2.21. The van der Waals surface area contributed by atoms with Gasteiger partial charge in [-0.05, 0) is 75.7 Å².